The van der Waals surface area contributed by atoms with Crippen molar-refractivity contribution >= 4 is 36.2 Å². The average molecular weight is 365 g/mol. The summed E-state index contributed by atoms with van der Waals surface area (Å²) < 4.78 is 1.52. The topological polar surface area (TPSA) is 54.3 Å². The third kappa shape index (κ3) is 4.20. The van der Waals surface area contributed by atoms with Crippen molar-refractivity contribution in [3.63, 3.8) is 0 Å². The first kappa shape index (κ1) is 19.5. The summed E-state index contributed by atoms with van der Waals surface area (Å²) in [7, 11) is 7.90. The summed E-state index contributed by atoms with van der Waals surface area (Å²) in [5, 5.41) is 3.73. The van der Waals surface area contributed by atoms with Crippen LogP contribution in [-0.2, 0) is 0 Å². The number of nitrogens with one attached hydrogen (secondary N) is 1. The number of rotatable bonds is 4. The van der Waals surface area contributed by atoms with Crippen molar-refractivity contribution in [3.8, 4) is 0 Å². The van der Waals surface area contributed by atoms with Crippen molar-refractivity contribution in [2.45, 2.75) is 45.4 Å². The molecule has 1 saturated carbocycles. The Labute approximate surface area is 162 Å². The molecule has 2 amide bonds. The number of hydrogen-bond acceptors (Lipinski definition) is 2. The van der Waals surface area contributed by atoms with Crippen LogP contribution in [0.1, 0.15) is 55.8 Å². The molecular weight excluding hydrogens is 337 g/mol. The Balaban J connectivity index is 1.86. The standard InChI is InChI=1S/C21H28BN3O2/c1-3-24(2)21(27)25-14-16(19-17(22)11-8-12-18(19)25)20(26)23-13-15-9-6-4-5-7-10-15/h8,11-12,14-15H,3-7,9-10,13H2,1-2H3,(H,23,26). The Morgan fingerprint density at radius 2 is 1.93 bits per heavy atom. The fraction of sp³-hybridized carbons (Fsp3) is 0.524. The summed E-state index contributed by atoms with van der Waals surface area (Å²) in [5.41, 5.74) is 1.65. The molecule has 0 saturated heterocycles. The maximum Gasteiger partial charge on any atom is 0.328 e. The molecule has 0 bridgehead atoms. The van der Waals surface area contributed by atoms with E-state index in [2.05, 4.69) is 5.32 Å². The van der Waals surface area contributed by atoms with Crippen LogP contribution in [0.2, 0.25) is 0 Å². The highest BCUT2D eigenvalue weighted by atomic mass is 16.2. The Morgan fingerprint density at radius 1 is 1.22 bits per heavy atom. The van der Waals surface area contributed by atoms with Crippen LogP contribution in [0, 0.1) is 5.92 Å². The van der Waals surface area contributed by atoms with Crippen molar-refractivity contribution in [3.05, 3.63) is 30.0 Å². The van der Waals surface area contributed by atoms with E-state index in [1.54, 1.807) is 30.3 Å². The van der Waals surface area contributed by atoms with Gasteiger partial charge in [-0.15, -0.1) is 0 Å². The van der Waals surface area contributed by atoms with E-state index in [-0.39, 0.29) is 11.9 Å². The molecule has 0 spiro atoms. The number of hydrogen-bond donors (Lipinski definition) is 1. The third-order valence-corrected chi connectivity index (χ3v) is 5.64. The predicted octanol–water partition coefficient (Wildman–Crippen LogP) is 3.06. The summed E-state index contributed by atoms with van der Waals surface area (Å²) in [6.07, 6.45) is 9.03. The van der Waals surface area contributed by atoms with E-state index in [0.29, 0.717) is 40.9 Å². The molecule has 0 atom stereocenters. The lowest BCUT2D eigenvalue weighted by molar-refractivity contribution is 0.0947. The first-order valence-electron chi connectivity index (χ1n) is 9.96. The number of aromatic nitrogens is 1. The highest BCUT2D eigenvalue weighted by Gasteiger charge is 2.21. The minimum Gasteiger partial charge on any atom is -0.352 e. The predicted molar refractivity (Wildman–Crippen MR) is 110 cm³/mol. The summed E-state index contributed by atoms with van der Waals surface area (Å²) in [4.78, 5) is 27.2. The molecule has 1 aliphatic rings. The van der Waals surface area contributed by atoms with Crippen molar-refractivity contribution < 1.29 is 9.59 Å². The molecule has 1 aliphatic carbocycles. The minimum absolute atomic E-state index is 0.159. The van der Waals surface area contributed by atoms with E-state index in [4.69, 9.17) is 7.85 Å². The molecule has 1 fully saturated rings. The van der Waals surface area contributed by atoms with Gasteiger partial charge >= 0.3 is 6.03 Å². The van der Waals surface area contributed by atoms with Crippen molar-refractivity contribution in [1.29, 1.82) is 0 Å². The number of benzene rings is 1. The maximum atomic E-state index is 12.9. The Kier molecular flexibility index (Phi) is 6.24. The smallest absolute Gasteiger partial charge is 0.328 e. The summed E-state index contributed by atoms with van der Waals surface area (Å²) in [5.74, 6) is 0.378. The Bertz CT molecular complexity index is 822. The zero-order chi connectivity index (χ0) is 19.4. The van der Waals surface area contributed by atoms with Crippen LogP contribution in [0.4, 0.5) is 4.79 Å². The fourth-order valence-corrected chi connectivity index (χ4v) is 3.86. The van der Waals surface area contributed by atoms with E-state index >= 15 is 0 Å². The zero-order valence-corrected chi connectivity index (χ0v) is 16.3. The largest absolute Gasteiger partial charge is 0.352 e. The van der Waals surface area contributed by atoms with E-state index in [1.807, 2.05) is 13.0 Å². The van der Waals surface area contributed by atoms with Crippen LogP contribution in [0.5, 0.6) is 0 Å². The molecule has 3 rings (SSSR count). The summed E-state index contributed by atoms with van der Waals surface area (Å²) in [6, 6.07) is 5.23. The van der Waals surface area contributed by atoms with E-state index in [9.17, 15) is 9.59 Å². The minimum atomic E-state index is -0.170. The third-order valence-electron chi connectivity index (χ3n) is 5.64. The van der Waals surface area contributed by atoms with Gasteiger partial charge < -0.3 is 10.2 Å². The van der Waals surface area contributed by atoms with Crippen molar-refractivity contribution in [1.82, 2.24) is 14.8 Å². The molecule has 0 aliphatic heterocycles. The van der Waals surface area contributed by atoms with Gasteiger partial charge in [-0.05, 0) is 31.7 Å². The van der Waals surface area contributed by atoms with E-state index < -0.39 is 0 Å². The molecule has 6 heteroatoms. The van der Waals surface area contributed by atoms with Crippen molar-refractivity contribution in [2.75, 3.05) is 20.1 Å². The number of carbonyl (C=O) groups is 2. The molecular formula is C21H28BN3O2. The van der Waals surface area contributed by atoms with Gasteiger partial charge in [0.05, 0.1) is 11.1 Å². The van der Waals surface area contributed by atoms with Gasteiger partial charge in [-0.1, -0.05) is 43.3 Å². The van der Waals surface area contributed by atoms with Crippen LogP contribution in [-0.4, -0.2) is 49.4 Å². The maximum absolute atomic E-state index is 12.9. The average Bonchev–Trinajstić information content (AvgIpc) is 2.88. The van der Waals surface area contributed by atoms with Gasteiger partial charge in [0, 0.05) is 31.7 Å². The van der Waals surface area contributed by atoms with Gasteiger partial charge in [-0.3, -0.25) is 9.36 Å². The van der Waals surface area contributed by atoms with Crippen LogP contribution in [0.15, 0.2) is 24.4 Å². The van der Waals surface area contributed by atoms with Crippen LogP contribution < -0.4 is 10.8 Å². The first-order valence-corrected chi connectivity index (χ1v) is 9.96. The second kappa shape index (κ2) is 8.64. The van der Waals surface area contributed by atoms with Gasteiger partial charge in [0.1, 0.15) is 7.85 Å². The van der Waals surface area contributed by atoms with Gasteiger partial charge in [0.15, 0.2) is 0 Å². The lowest BCUT2D eigenvalue weighted by Gasteiger charge is -2.15. The number of carbonyl (C=O) groups excluding carboxylic acids is 2. The molecule has 2 aromatic rings. The molecule has 27 heavy (non-hydrogen) atoms. The quantitative estimate of drug-likeness (QED) is 0.669. The molecule has 1 aromatic heterocycles. The fourth-order valence-electron chi connectivity index (χ4n) is 3.86. The van der Waals surface area contributed by atoms with Gasteiger partial charge in [0.25, 0.3) is 5.91 Å². The molecule has 1 heterocycles. The summed E-state index contributed by atoms with van der Waals surface area (Å²) >= 11 is 0. The Hall–Kier alpha value is -2.24. The van der Waals surface area contributed by atoms with Gasteiger partial charge in [-0.2, -0.15) is 0 Å². The summed E-state index contributed by atoms with van der Waals surface area (Å²) in [6.45, 7) is 3.18. The molecule has 0 unspecified atom stereocenters. The normalized spacial score (nSPS) is 15.5. The van der Waals surface area contributed by atoms with Crippen LogP contribution in [0.3, 0.4) is 0 Å². The molecule has 5 nitrogen and oxygen atoms in total. The van der Waals surface area contributed by atoms with Gasteiger partial charge in [-0.25, -0.2) is 4.79 Å². The Morgan fingerprint density at radius 3 is 2.59 bits per heavy atom. The van der Waals surface area contributed by atoms with Crippen LogP contribution >= 0.6 is 0 Å². The first-order chi connectivity index (χ1) is 13.0. The van der Waals surface area contributed by atoms with Gasteiger partial charge in [0.2, 0.25) is 0 Å². The number of fused-ring (bicyclic) bond motifs is 1. The van der Waals surface area contributed by atoms with Crippen LogP contribution in [0.25, 0.3) is 10.9 Å². The van der Waals surface area contributed by atoms with E-state index in [1.165, 1.54) is 43.1 Å². The zero-order valence-electron chi connectivity index (χ0n) is 16.3. The number of amides is 2. The second-order valence-corrected chi connectivity index (χ2v) is 7.52. The monoisotopic (exact) mass is 365 g/mol. The highest BCUT2D eigenvalue weighted by Crippen LogP contribution is 2.23. The van der Waals surface area contributed by atoms with E-state index in [0.717, 1.165) is 0 Å². The lowest BCUT2D eigenvalue weighted by atomic mass is 9.90. The molecule has 2 radical (unpaired) electrons. The lowest BCUT2D eigenvalue weighted by Crippen LogP contribution is -2.31. The molecule has 1 N–H and O–H groups in total. The highest BCUT2D eigenvalue weighted by molar-refractivity contribution is 6.40. The van der Waals surface area contributed by atoms with Crippen molar-refractivity contribution in [2.24, 2.45) is 5.92 Å². The second-order valence-electron chi connectivity index (χ2n) is 7.52. The molecule has 1 aromatic carbocycles. The number of nitrogens with zero attached hydrogens (tertiary/aromatic N) is 2. The molecule has 142 valence electrons. The SMILES string of the molecule is [B]c1cccc2c1c(C(=O)NCC1CCCCCC1)cn2C(=O)N(C)CC.